The number of hydrogen-bond donors (Lipinski definition) is 3. The van der Waals surface area contributed by atoms with E-state index in [0.29, 0.717) is 6.54 Å². The van der Waals surface area contributed by atoms with Crippen LogP contribution in [0.1, 0.15) is 18.2 Å². The normalized spacial score (nSPS) is 12.1. The third kappa shape index (κ3) is 3.02. The minimum Gasteiger partial charge on any atom is -0.394 e. The summed E-state index contributed by atoms with van der Waals surface area (Å²) in [5.41, 5.74) is 1.40. The average Bonchev–Trinajstić information content (AvgIpc) is 2.54. The summed E-state index contributed by atoms with van der Waals surface area (Å²) in [7, 11) is 1.87. The van der Waals surface area contributed by atoms with E-state index in [4.69, 9.17) is 10.2 Å². The van der Waals surface area contributed by atoms with Gasteiger partial charge in [-0.05, 0) is 13.8 Å². The van der Waals surface area contributed by atoms with Gasteiger partial charge >= 0.3 is 0 Å². The maximum absolute atomic E-state index is 9.09. The largest absolute Gasteiger partial charge is 0.394 e. The predicted octanol–water partition coefficient (Wildman–Crippen LogP) is -0.439. The van der Waals surface area contributed by atoms with Crippen LogP contribution in [0.25, 0.3) is 0 Å². The van der Waals surface area contributed by atoms with Crippen molar-refractivity contribution < 1.29 is 10.2 Å². The number of nitrogens with zero attached hydrogens (tertiary/aromatic N) is 2. The molecule has 0 aromatic carbocycles. The molecule has 0 saturated heterocycles. The Kier molecular flexibility index (Phi) is 3.84. The van der Waals surface area contributed by atoms with Gasteiger partial charge in [-0.3, -0.25) is 4.68 Å². The summed E-state index contributed by atoms with van der Waals surface area (Å²) in [5.74, 6) is 0. The molecule has 5 heteroatoms. The van der Waals surface area contributed by atoms with Crippen LogP contribution in [0.3, 0.4) is 0 Å². The topological polar surface area (TPSA) is 70.3 Å². The van der Waals surface area contributed by atoms with Crippen LogP contribution in [0.4, 0.5) is 0 Å². The van der Waals surface area contributed by atoms with E-state index in [0.717, 1.165) is 11.3 Å². The molecule has 0 aliphatic heterocycles. The number of aliphatic hydroxyl groups excluding tert-OH is 2. The van der Waals surface area contributed by atoms with Gasteiger partial charge in [0.15, 0.2) is 0 Å². The van der Waals surface area contributed by atoms with Gasteiger partial charge in [-0.1, -0.05) is 0 Å². The molecule has 86 valence electrons. The third-order valence-corrected chi connectivity index (χ3v) is 2.52. The Hall–Kier alpha value is -0.910. The average molecular weight is 213 g/mol. The van der Waals surface area contributed by atoms with E-state index < -0.39 is 5.54 Å². The van der Waals surface area contributed by atoms with E-state index >= 15 is 0 Å². The number of aromatic nitrogens is 2. The number of nitrogens with one attached hydrogen (secondary N) is 1. The van der Waals surface area contributed by atoms with Crippen molar-refractivity contribution in [3.63, 3.8) is 0 Å². The quantitative estimate of drug-likeness (QED) is 0.620. The van der Waals surface area contributed by atoms with E-state index in [9.17, 15) is 0 Å². The molecule has 0 radical (unpaired) electrons. The van der Waals surface area contributed by atoms with Crippen LogP contribution in [0.2, 0.25) is 0 Å². The lowest BCUT2D eigenvalue weighted by Gasteiger charge is -2.26. The summed E-state index contributed by atoms with van der Waals surface area (Å²) in [6.07, 6.45) is 1.93. The molecule has 1 aromatic rings. The third-order valence-electron chi connectivity index (χ3n) is 2.52. The SMILES string of the molecule is Cc1nn(C)cc1CNC(C)(CO)CO. The standard InChI is InChI=1S/C10H19N3O2/c1-8-9(5-13(3)12-8)4-11-10(2,6-14)7-15/h5,11,14-15H,4,6-7H2,1-3H3. The first-order valence-corrected chi connectivity index (χ1v) is 4.96. The predicted molar refractivity (Wildman–Crippen MR) is 57.4 cm³/mol. The fourth-order valence-corrected chi connectivity index (χ4v) is 1.29. The first-order chi connectivity index (χ1) is 7.00. The van der Waals surface area contributed by atoms with Crippen LogP contribution in [0, 0.1) is 6.92 Å². The summed E-state index contributed by atoms with van der Waals surface area (Å²) in [5, 5.41) is 25.5. The Morgan fingerprint density at radius 3 is 2.47 bits per heavy atom. The highest BCUT2D eigenvalue weighted by Gasteiger charge is 2.21. The van der Waals surface area contributed by atoms with E-state index in [1.54, 1.807) is 11.6 Å². The van der Waals surface area contributed by atoms with Crippen LogP contribution in [-0.2, 0) is 13.6 Å². The lowest BCUT2D eigenvalue weighted by atomic mass is 10.1. The Morgan fingerprint density at radius 2 is 2.07 bits per heavy atom. The molecule has 0 saturated carbocycles. The van der Waals surface area contributed by atoms with Crippen LogP contribution < -0.4 is 5.32 Å². The monoisotopic (exact) mass is 213 g/mol. The highest BCUT2D eigenvalue weighted by molar-refractivity contribution is 5.15. The minimum absolute atomic E-state index is 0.0944. The molecule has 0 spiro atoms. The minimum atomic E-state index is -0.637. The van der Waals surface area contributed by atoms with E-state index in [2.05, 4.69) is 10.4 Å². The van der Waals surface area contributed by atoms with Crippen molar-refractivity contribution in [1.29, 1.82) is 0 Å². The fourth-order valence-electron chi connectivity index (χ4n) is 1.29. The van der Waals surface area contributed by atoms with Gasteiger partial charge in [0.2, 0.25) is 0 Å². The highest BCUT2D eigenvalue weighted by atomic mass is 16.3. The Balaban J connectivity index is 2.60. The molecular weight excluding hydrogens is 194 g/mol. The fraction of sp³-hybridized carbons (Fsp3) is 0.700. The van der Waals surface area contributed by atoms with E-state index in [1.807, 2.05) is 20.2 Å². The molecule has 0 amide bonds. The van der Waals surface area contributed by atoms with E-state index in [-0.39, 0.29) is 13.2 Å². The van der Waals surface area contributed by atoms with Gasteiger partial charge in [0.05, 0.1) is 24.4 Å². The summed E-state index contributed by atoms with van der Waals surface area (Å²) in [6.45, 7) is 4.12. The van der Waals surface area contributed by atoms with Crippen molar-refractivity contribution in [2.45, 2.75) is 25.9 Å². The molecule has 0 bridgehead atoms. The molecule has 0 aliphatic rings. The Labute approximate surface area is 89.7 Å². The van der Waals surface area contributed by atoms with Gasteiger partial charge in [0, 0.05) is 25.4 Å². The van der Waals surface area contributed by atoms with Crippen molar-refractivity contribution >= 4 is 0 Å². The summed E-state index contributed by atoms with van der Waals surface area (Å²) < 4.78 is 1.75. The van der Waals surface area contributed by atoms with Crippen LogP contribution in [0.5, 0.6) is 0 Å². The smallest absolute Gasteiger partial charge is 0.0638 e. The molecule has 1 aromatic heterocycles. The first kappa shape index (κ1) is 12.2. The Bertz CT molecular complexity index is 318. The van der Waals surface area contributed by atoms with E-state index in [1.165, 1.54) is 0 Å². The zero-order valence-corrected chi connectivity index (χ0v) is 9.49. The number of aryl methyl sites for hydroxylation is 2. The molecule has 1 rings (SSSR count). The van der Waals surface area contributed by atoms with Crippen LogP contribution >= 0.6 is 0 Å². The molecular formula is C10H19N3O2. The molecule has 5 nitrogen and oxygen atoms in total. The van der Waals surface area contributed by atoms with Gasteiger partial charge in [0.1, 0.15) is 0 Å². The maximum atomic E-state index is 9.09. The summed E-state index contributed by atoms with van der Waals surface area (Å²) in [4.78, 5) is 0. The number of hydrogen-bond acceptors (Lipinski definition) is 4. The van der Waals surface area contributed by atoms with Gasteiger partial charge in [-0.25, -0.2) is 0 Å². The number of aliphatic hydroxyl groups is 2. The number of rotatable bonds is 5. The molecule has 1 heterocycles. The van der Waals surface area contributed by atoms with Crippen molar-refractivity contribution in [3.8, 4) is 0 Å². The zero-order chi connectivity index (χ0) is 11.5. The second-order valence-electron chi connectivity index (χ2n) is 4.14. The molecule has 0 atom stereocenters. The Morgan fingerprint density at radius 1 is 1.47 bits per heavy atom. The molecule has 0 aliphatic carbocycles. The molecule has 15 heavy (non-hydrogen) atoms. The van der Waals surface area contributed by atoms with Gasteiger partial charge < -0.3 is 15.5 Å². The van der Waals surface area contributed by atoms with Crippen molar-refractivity contribution in [3.05, 3.63) is 17.5 Å². The maximum Gasteiger partial charge on any atom is 0.0638 e. The second kappa shape index (κ2) is 4.74. The highest BCUT2D eigenvalue weighted by Crippen LogP contribution is 2.07. The molecule has 0 unspecified atom stereocenters. The lowest BCUT2D eigenvalue weighted by molar-refractivity contribution is 0.103. The first-order valence-electron chi connectivity index (χ1n) is 4.96. The van der Waals surface area contributed by atoms with Crippen molar-refractivity contribution in [2.75, 3.05) is 13.2 Å². The van der Waals surface area contributed by atoms with Crippen molar-refractivity contribution in [2.24, 2.45) is 7.05 Å². The zero-order valence-electron chi connectivity index (χ0n) is 9.49. The summed E-state index contributed by atoms with van der Waals surface area (Å²) >= 11 is 0. The molecule has 3 N–H and O–H groups in total. The van der Waals surface area contributed by atoms with Gasteiger partial charge in [-0.15, -0.1) is 0 Å². The van der Waals surface area contributed by atoms with Gasteiger partial charge in [-0.2, -0.15) is 5.10 Å². The van der Waals surface area contributed by atoms with Crippen LogP contribution in [0.15, 0.2) is 6.20 Å². The second-order valence-corrected chi connectivity index (χ2v) is 4.14. The molecule has 0 fully saturated rings. The lowest BCUT2D eigenvalue weighted by Crippen LogP contribution is -2.48. The van der Waals surface area contributed by atoms with Crippen molar-refractivity contribution in [1.82, 2.24) is 15.1 Å². The van der Waals surface area contributed by atoms with Gasteiger partial charge in [0.25, 0.3) is 0 Å². The van der Waals surface area contributed by atoms with Crippen LogP contribution in [-0.4, -0.2) is 38.7 Å². The summed E-state index contributed by atoms with van der Waals surface area (Å²) in [6, 6.07) is 0.